The van der Waals surface area contributed by atoms with E-state index in [0.717, 1.165) is 27.0 Å². The van der Waals surface area contributed by atoms with Crippen LogP contribution in [-0.2, 0) is 11.3 Å². The number of hydrogen-bond donors (Lipinski definition) is 3. The molecule has 0 aliphatic carbocycles. The van der Waals surface area contributed by atoms with Crippen molar-refractivity contribution in [1.82, 2.24) is 5.32 Å². The second kappa shape index (κ2) is 8.13. The summed E-state index contributed by atoms with van der Waals surface area (Å²) >= 11 is 2.31. The first-order valence-corrected chi connectivity index (χ1v) is 10.5. The Morgan fingerprint density at radius 2 is 1.73 bits per heavy atom. The molecule has 2 aromatic carbocycles. The molecule has 0 atom stereocenters. The van der Waals surface area contributed by atoms with E-state index in [2.05, 4.69) is 5.32 Å². The second-order valence-electron chi connectivity index (χ2n) is 6.39. The minimum absolute atomic E-state index is 0.0379. The lowest BCUT2D eigenvalue weighted by Gasteiger charge is -2.05. The molecule has 0 fully saturated rings. The molecule has 0 aliphatic rings. The van der Waals surface area contributed by atoms with Crippen molar-refractivity contribution in [1.29, 1.82) is 0 Å². The predicted molar refractivity (Wildman–Crippen MR) is 115 cm³/mol. The normalized spacial score (nSPS) is 10.9. The third kappa shape index (κ3) is 3.85. The van der Waals surface area contributed by atoms with Crippen molar-refractivity contribution < 1.29 is 29.3 Å². The maximum atomic E-state index is 12.5. The highest BCUT2D eigenvalue weighted by Crippen LogP contribution is 2.47. The van der Waals surface area contributed by atoms with Crippen molar-refractivity contribution in [2.24, 2.45) is 0 Å². The van der Waals surface area contributed by atoms with Crippen molar-refractivity contribution in [3.63, 3.8) is 0 Å². The number of aliphatic carboxylic acids is 1. The second-order valence-corrected chi connectivity index (χ2v) is 8.46. The van der Waals surface area contributed by atoms with Crippen LogP contribution in [0.3, 0.4) is 0 Å². The first kappa shape index (κ1) is 19.9. The van der Waals surface area contributed by atoms with Gasteiger partial charge in [-0.2, -0.15) is 0 Å². The molecule has 3 N–H and O–H groups in total. The minimum atomic E-state index is -1.19. The number of thiophene rings is 2. The number of carbonyl (C=O) groups is 3. The fraction of sp³-hybridized carbons (Fsp3) is 0.0952. The van der Waals surface area contributed by atoms with Gasteiger partial charge in [-0.15, -0.1) is 22.7 Å². The Balaban J connectivity index is 1.66. The van der Waals surface area contributed by atoms with Crippen LogP contribution < -0.4 is 10.1 Å². The summed E-state index contributed by atoms with van der Waals surface area (Å²) in [6.07, 6.45) is 0. The van der Waals surface area contributed by atoms with Gasteiger partial charge in [-0.1, -0.05) is 36.4 Å². The summed E-state index contributed by atoms with van der Waals surface area (Å²) in [5, 5.41) is 22.0. The van der Waals surface area contributed by atoms with Gasteiger partial charge >= 0.3 is 11.9 Å². The third-order valence-electron chi connectivity index (χ3n) is 4.35. The fourth-order valence-electron chi connectivity index (χ4n) is 3.00. The van der Waals surface area contributed by atoms with Gasteiger partial charge in [0.05, 0.1) is 9.40 Å². The topological polar surface area (TPSA) is 113 Å². The monoisotopic (exact) mass is 441 g/mol. The van der Waals surface area contributed by atoms with Gasteiger partial charge in [0.25, 0.3) is 5.91 Å². The third-order valence-corrected chi connectivity index (χ3v) is 6.83. The van der Waals surface area contributed by atoms with E-state index in [9.17, 15) is 19.5 Å². The Morgan fingerprint density at radius 1 is 0.967 bits per heavy atom. The SMILES string of the molecule is O=C(O)COc1c(C(=O)O)sc2c1sc1cc(C(=O)NCc3ccccc3)ccc12. The van der Waals surface area contributed by atoms with E-state index in [4.69, 9.17) is 9.84 Å². The number of benzene rings is 2. The van der Waals surface area contributed by atoms with Gasteiger partial charge in [-0.3, -0.25) is 4.79 Å². The summed E-state index contributed by atoms with van der Waals surface area (Å²) in [6.45, 7) is -0.222. The van der Waals surface area contributed by atoms with Crippen LogP contribution in [0.2, 0.25) is 0 Å². The lowest BCUT2D eigenvalue weighted by Crippen LogP contribution is -2.22. The van der Waals surface area contributed by atoms with Gasteiger partial charge in [-0.25, -0.2) is 9.59 Å². The number of hydrogen-bond acceptors (Lipinski definition) is 6. The van der Waals surface area contributed by atoms with E-state index in [-0.39, 0.29) is 16.5 Å². The van der Waals surface area contributed by atoms with Crippen LogP contribution >= 0.6 is 22.7 Å². The van der Waals surface area contributed by atoms with Crippen molar-refractivity contribution in [2.75, 3.05) is 6.61 Å². The molecular formula is C21H15NO6S2. The number of aromatic carboxylic acids is 1. The zero-order valence-electron chi connectivity index (χ0n) is 15.4. The largest absolute Gasteiger partial charge is 0.479 e. The molecule has 0 bridgehead atoms. The van der Waals surface area contributed by atoms with Gasteiger partial charge < -0.3 is 20.3 Å². The van der Waals surface area contributed by atoms with Crippen LogP contribution in [0.25, 0.3) is 19.5 Å². The first-order valence-electron chi connectivity index (χ1n) is 8.83. The maximum Gasteiger partial charge on any atom is 0.349 e. The summed E-state index contributed by atoms with van der Waals surface area (Å²) in [6, 6.07) is 14.8. The molecule has 1 amide bonds. The summed E-state index contributed by atoms with van der Waals surface area (Å²) < 4.78 is 7.32. The van der Waals surface area contributed by atoms with E-state index in [1.807, 2.05) is 30.3 Å². The zero-order valence-corrected chi connectivity index (χ0v) is 17.0. The number of carboxylic acids is 2. The Kier molecular flexibility index (Phi) is 5.39. The van der Waals surface area contributed by atoms with E-state index in [1.165, 1.54) is 11.3 Å². The summed E-state index contributed by atoms with van der Waals surface area (Å²) in [4.78, 5) is 34.9. The first-order chi connectivity index (χ1) is 14.4. The summed E-state index contributed by atoms with van der Waals surface area (Å²) in [5.41, 5.74) is 1.48. The van der Waals surface area contributed by atoms with Crippen molar-refractivity contribution in [3.8, 4) is 5.75 Å². The van der Waals surface area contributed by atoms with Crippen LogP contribution in [-0.4, -0.2) is 34.7 Å². The van der Waals surface area contributed by atoms with E-state index < -0.39 is 18.5 Å². The number of nitrogens with one attached hydrogen (secondary N) is 1. The van der Waals surface area contributed by atoms with Crippen molar-refractivity contribution in [3.05, 3.63) is 64.5 Å². The van der Waals surface area contributed by atoms with Crippen LogP contribution in [0.4, 0.5) is 0 Å². The maximum absolute atomic E-state index is 12.5. The van der Waals surface area contributed by atoms with Crippen LogP contribution in [0.1, 0.15) is 25.6 Å². The summed E-state index contributed by atoms with van der Waals surface area (Å²) in [5.74, 6) is -2.52. The molecule has 0 spiro atoms. The smallest absolute Gasteiger partial charge is 0.349 e. The Labute approximate surface area is 178 Å². The number of carboxylic acid groups (broad SMARTS) is 2. The quantitative estimate of drug-likeness (QED) is 0.396. The van der Waals surface area contributed by atoms with E-state index in [0.29, 0.717) is 21.5 Å². The lowest BCUT2D eigenvalue weighted by molar-refractivity contribution is -0.139. The fourth-order valence-corrected chi connectivity index (χ4v) is 5.54. The molecule has 0 saturated heterocycles. The molecule has 4 aromatic rings. The van der Waals surface area contributed by atoms with Crippen molar-refractivity contribution >= 4 is 60.0 Å². The number of carbonyl (C=O) groups excluding carboxylic acids is 1. The zero-order chi connectivity index (χ0) is 21.3. The lowest BCUT2D eigenvalue weighted by atomic mass is 10.1. The molecule has 2 aromatic heterocycles. The minimum Gasteiger partial charge on any atom is -0.479 e. The Hall–Kier alpha value is -3.43. The number of ether oxygens (including phenoxy) is 1. The highest BCUT2D eigenvalue weighted by Gasteiger charge is 2.24. The predicted octanol–water partition coefficient (Wildman–Crippen LogP) is 4.21. The molecule has 0 aliphatic heterocycles. The van der Waals surface area contributed by atoms with Gasteiger partial charge in [0.1, 0.15) is 0 Å². The van der Waals surface area contributed by atoms with Gasteiger partial charge in [0.2, 0.25) is 0 Å². The standard InChI is InChI=1S/C21H15NO6S2/c23-15(24)10-28-16-18-17(30-19(16)21(26)27)13-7-6-12(8-14(13)29-18)20(25)22-9-11-4-2-1-3-5-11/h1-8H,9-10H2,(H,22,25)(H,23,24)(H,26,27). The average Bonchev–Trinajstić information content (AvgIpc) is 3.26. The van der Waals surface area contributed by atoms with Crippen LogP contribution in [0.5, 0.6) is 5.75 Å². The molecular weight excluding hydrogens is 426 g/mol. The van der Waals surface area contributed by atoms with E-state index >= 15 is 0 Å². The van der Waals surface area contributed by atoms with Crippen LogP contribution in [0.15, 0.2) is 48.5 Å². The van der Waals surface area contributed by atoms with Gasteiger partial charge in [0, 0.05) is 22.2 Å². The molecule has 0 unspecified atom stereocenters. The van der Waals surface area contributed by atoms with E-state index in [1.54, 1.807) is 18.2 Å². The highest BCUT2D eigenvalue weighted by atomic mass is 32.1. The molecule has 30 heavy (non-hydrogen) atoms. The summed E-state index contributed by atoms with van der Waals surface area (Å²) in [7, 11) is 0. The van der Waals surface area contributed by atoms with Crippen LogP contribution in [0, 0.1) is 0 Å². The molecule has 152 valence electrons. The van der Waals surface area contributed by atoms with Crippen molar-refractivity contribution in [2.45, 2.75) is 6.54 Å². The number of fused-ring (bicyclic) bond motifs is 3. The van der Waals surface area contributed by atoms with Gasteiger partial charge in [0.15, 0.2) is 17.2 Å². The Morgan fingerprint density at radius 3 is 2.43 bits per heavy atom. The molecule has 0 saturated carbocycles. The number of rotatable bonds is 7. The molecule has 7 nitrogen and oxygen atoms in total. The molecule has 4 rings (SSSR count). The molecule has 0 radical (unpaired) electrons. The van der Waals surface area contributed by atoms with Gasteiger partial charge in [-0.05, 0) is 17.7 Å². The highest BCUT2D eigenvalue weighted by molar-refractivity contribution is 7.34. The average molecular weight is 441 g/mol. The Bertz CT molecular complexity index is 1280. The molecule has 2 heterocycles. The molecule has 9 heteroatoms. The number of amides is 1.